The van der Waals surface area contributed by atoms with Crippen LogP contribution in [0.15, 0.2) is 121 Å². The first-order valence-corrected chi connectivity index (χ1v) is 18.1. The van der Waals surface area contributed by atoms with Crippen molar-refractivity contribution in [2.24, 2.45) is 0 Å². The standard InChI is InChI=1S/C44H26Cl4N4.Ni/c45-29-13-5-1-9-25(29)41-33-17-19-35(49-33)42(26-10-2-6-14-30(26)46)37-21-23-39(51-37)44(28-12-4-8-16-32(28)48)40-24-22-38(52-40)43(36-20-18-34(41)50-36)27-11-3-7-15-31(27)47;/h1-24,49,52H;. The molecule has 4 nitrogen and oxygen atoms in total. The molecule has 5 heterocycles. The van der Waals surface area contributed by atoms with Crippen LogP contribution in [0.25, 0.3) is 90.9 Å². The molecule has 260 valence electrons. The fourth-order valence-electron chi connectivity index (χ4n) is 6.99. The van der Waals surface area contributed by atoms with Gasteiger partial charge >= 0.3 is 0 Å². The molecule has 2 aliphatic heterocycles. The van der Waals surface area contributed by atoms with Crippen LogP contribution in [-0.2, 0) is 16.5 Å². The molecule has 2 aliphatic rings. The Balaban J connectivity index is 0.00000400. The summed E-state index contributed by atoms with van der Waals surface area (Å²) >= 11 is 27.7. The van der Waals surface area contributed by atoms with Gasteiger partial charge in [-0.05, 0) is 72.8 Å². The molecule has 7 aromatic rings. The fraction of sp³-hybridized carbons (Fsp3) is 0. The maximum absolute atomic E-state index is 6.92. The molecule has 0 radical (unpaired) electrons. The van der Waals surface area contributed by atoms with Gasteiger partial charge in [0.2, 0.25) is 0 Å². The molecule has 3 aromatic heterocycles. The van der Waals surface area contributed by atoms with Crippen molar-refractivity contribution < 1.29 is 16.5 Å². The van der Waals surface area contributed by atoms with E-state index in [2.05, 4.69) is 34.2 Å². The summed E-state index contributed by atoms with van der Waals surface area (Å²) in [5, 5.41) is 2.43. The van der Waals surface area contributed by atoms with E-state index in [0.29, 0.717) is 20.1 Å². The van der Waals surface area contributed by atoms with Crippen molar-refractivity contribution in [2.45, 2.75) is 0 Å². The van der Waals surface area contributed by atoms with E-state index >= 15 is 0 Å². The molecule has 2 N–H and O–H groups in total. The van der Waals surface area contributed by atoms with Crippen molar-refractivity contribution in [1.82, 2.24) is 19.9 Å². The van der Waals surface area contributed by atoms with E-state index in [0.717, 1.165) is 89.4 Å². The Morgan fingerprint density at radius 2 is 0.547 bits per heavy atom. The van der Waals surface area contributed by atoms with E-state index in [1.165, 1.54) is 0 Å². The van der Waals surface area contributed by atoms with Gasteiger partial charge in [-0.25, -0.2) is 9.97 Å². The summed E-state index contributed by atoms with van der Waals surface area (Å²) in [6.45, 7) is 0. The average Bonchev–Trinajstić information content (AvgIpc) is 3.99. The van der Waals surface area contributed by atoms with Gasteiger partial charge in [0.25, 0.3) is 0 Å². The van der Waals surface area contributed by atoms with Gasteiger partial charge in [0.05, 0.1) is 22.8 Å². The van der Waals surface area contributed by atoms with Gasteiger partial charge in [-0.2, -0.15) is 0 Å². The molecule has 0 amide bonds. The molecule has 8 bridgehead atoms. The summed E-state index contributed by atoms with van der Waals surface area (Å²) in [7, 11) is 0. The molecule has 53 heavy (non-hydrogen) atoms. The number of hydrogen-bond acceptors (Lipinski definition) is 2. The van der Waals surface area contributed by atoms with Crippen LogP contribution in [0.2, 0.25) is 20.1 Å². The Morgan fingerprint density at radius 3 is 0.774 bits per heavy atom. The summed E-state index contributed by atoms with van der Waals surface area (Å²) in [5.41, 5.74) is 13.1. The minimum atomic E-state index is 0. The topological polar surface area (TPSA) is 57.4 Å². The van der Waals surface area contributed by atoms with E-state index < -0.39 is 0 Å². The molecule has 0 unspecified atom stereocenters. The summed E-state index contributed by atoms with van der Waals surface area (Å²) in [6, 6.07) is 39.4. The molecule has 9 rings (SSSR count). The van der Waals surface area contributed by atoms with Gasteiger partial charge in [-0.1, -0.05) is 119 Å². The van der Waals surface area contributed by atoms with Gasteiger partial charge in [0.15, 0.2) is 0 Å². The average molecular weight is 811 g/mol. The van der Waals surface area contributed by atoms with Crippen molar-refractivity contribution in [1.29, 1.82) is 0 Å². The quantitative estimate of drug-likeness (QED) is 0.174. The van der Waals surface area contributed by atoms with E-state index in [9.17, 15) is 0 Å². The van der Waals surface area contributed by atoms with Crippen molar-refractivity contribution in [2.75, 3.05) is 0 Å². The molecular formula is C44H26Cl4N4Ni. The number of nitrogens with zero attached hydrogens (tertiary/aromatic N) is 2. The molecule has 0 atom stereocenters. The number of H-pyrrole nitrogens is 2. The minimum Gasteiger partial charge on any atom is -0.354 e. The third-order valence-corrected chi connectivity index (χ3v) is 10.6. The monoisotopic (exact) mass is 808 g/mol. The first kappa shape index (κ1) is 35.2. The number of aromatic nitrogens is 4. The predicted octanol–water partition coefficient (Wildman–Crippen LogP) is 13.9. The fourth-order valence-corrected chi connectivity index (χ4v) is 7.92. The van der Waals surface area contributed by atoms with Crippen LogP contribution in [-0.4, -0.2) is 19.9 Å². The van der Waals surface area contributed by atoms with Crippen LogP contribution in [0.1, 0.15) is 22.8 Å². The number of hydrogen-bond donors (Lipinski definition) is 2. The number of fused-ring (bicyclic) bond motifs is 8. The summed E-state index contributed by atoms with van der Waals surface area (Å²) in [6.07, 6.45) is 8.10. The SMILES string of the molecule is Clc1ccccc1-c1c2nc(c(-c3ccccc3Cl)c3ccc([nH]3)c(-c3ccccc3Cl)c3nc(c(-c4ccccc4Cl)c4ccc1[nH]4)C=C3)C=C2.[Ni]. The Morgan fingerprint density at radius 1 is 0.321 bits per heavy atom. The van der Waals surface area contributed by atoms with Gasteiger partial charge in [-0.3, -0.25) is 0 Å². The number of halogens is 4. The zero-order valence-electron chi connectivity index (χ0n) is 27.6. The smallest absolute Gasteiger partial charge is 0.0737 e. The van der Waals surface area contributed by atoms with E-state index in [4.69, 9.17) is 56.4 Å². The van der Waals surface area contributed by atoms with Crippen LogP contribution in [0.4, 0.5) is 0 Å². The second-order valence-corrected chi connectivity index (χ2v) is 14.1. The van der Waals surface area contributed by atoms with Crippen LogP contribution in [0.3, 0.4) is 0 Å². The first-order valence-electron chi connectivity index (χ1n) is 16.6. The number of nitrogens with one attached hydrogen (secondary N) is 2. The van der Waals surface area contributed by atoms with Gasteiger partial charge in [0, 0.05) is 103 Å². The second-order valence-electron chi connectivity index (χ2n) is 12.4. The zero-order chi connectivity index (χ0) is 35.3. The van der Waals surface area contributed by atoms with E-state index in [-0.39, 0.29) is 16.5 Å². The van der Waals surface area contributed by atoms with Crippen molar-refractivity contribution in [3.63, 3.8) is 0 Å². The van der Waals surface area contributed by atoms with Crippen LogP contribution in [0.5, 0.6) is 0 Å². The summed E-state index contributed by atoms with van der Waals surface area (Å²) < 4.78 is 0. The first-order chi connectivity index (χ1) is 25.4. The molecular weight excluding hydrogens is 785 g/mol. The Hall–Kier alpha value is -4.87. The Labute approximate surface area is 335 Å². The summed E-state index contributed by atoms with van der Waals surface area (Å²) in [4.78, 5) is 18.0. The van der Waals surface area contributed by atoms with Crippen LogP contribution < -0.4 is 0 Å². The summed E-state index contributed by atoms with van der Waals surface area (Å²) in [5.74, 6) is 0. The normalized spacial score (nSPS) is 11.8. The van der Waals surface area contributed by atoms with Crippen LogP contribution >= 0.6 is 46.4 Å². The van der Waals surface area contributed by atoms with Crippen molar-refractivity contribution in [3.05, 3.63) is 164 Å². The van der Waals surface area contributed by atoms with Gasteiger partial charge in [0.1, 0.15) is 0 Å². The molecule has 0 fully saturated rings. The van der Waals surface area contributed by atoms with Crippen LogP contribution in [0, 0.1) is 0 Å². The van der Waals surface area contributed by atoms with E-state index in [1.54, 1.807) is 0 Å². The molecule has 0 aliphatic carbocycles. The minimum absolute atomic E-state index is 0. The largest absolute Gasteiger partial charge is 0.354 e. The maximum Gasteiger partial charge on any atom is 0.0737 e. The van der Waals surface area contributed by atoms with Gasteiger partial charge < -0.3 is 9.97 Å². The molecule has 0 saturated heterocycles. The van der Waals surface area contributed by atoms with Crippen molar-refractivity contribution in [3.8, 4) is 44.5 Å². The number of benzene rings is 4. The van der Waals surface area contributed by atoms with Crippen molar-refractivity contribution >= 4 is 92.8 Å². The third kappa shape index (κ3) is 6.33. The number of rotatable bonds is 4. The molecule has 9 heteroatoms. The Bertz CT molecular complexity index is 2440. The number of aromatic amines is 2. The Kier molecular flexibility index (Phi) is 9.63. The molecule has 4 aromatic carbocycles. The second kappa shape index (κ2) is 14.5. The third-order valence-electron chi connectivity index (χ3n) is 9.33. The zero-order valence-corrected chi connectivity index (χ0v) is 31.6. The van der Waals surface area contributed by atoms with E-state index in [1.807, 2.05) is 121 Å². The maximum atomic E-state index is 6.92. The predicted molar refractivity (Wildman–Crippen MR) is 221 cm³/mol. The molecule has 0 saturated carbocycles. The molecule has 0 spiro atoms. The van der Waals surface area contributed by atoms with Gasteiger partial charge in [-0.15, -0.1) is 0 Å².